The number of hydrogen-bond donors (Lipinski definition) is 1. The first-order chi connectivity index (χ1) is 15.8. The minimum atomic E-state index is -0.375. The van der Waals surface area contributed by atoms with Crippen LogP contribution in [0.15, 0.2) is 54.6 Å². The second-order valence-electron chi connectivity index (χ2n) is 9.09. The van der Waals surface area contributed by atoms with E-state index >= 15 is 0 Å². The third-order valence-corrected chi connectivity index (χ3v) is 5.51. The molecule has 1 aromatic heterocycles. The summed E-state index contributed by atoms with van der Waals surface area (Å²) in [7, 11) is 0. The summed E-state index contributed by atoms with van der Waals surface area (Å²) in [5.41, 5.74) is 2.53. The lowest BCUT2D eigenvalue weighted by molar-refractivity contribution is 0.188. The Bertz CT molecular complexity index is 1110. The quantitative estimate of drug-likeness (QED) is 0.457. The van der Waals surface area contributed by atoms with Crippen molar-refractivity contribution in [2.45, 2.75) is 65.1 Å². The first-order valence-electron chi connectivity index (χ1n) is 11.5. The number of hydrogen-bond acceptors (Lipinski definition) is 3. The summed E-state index contributed by atoms with van der Waals surface area (Å²) in [6.45, 7) is 8.42. The number of nitrogens with one attached hydrogen (secondary N) is 1. The topological polar surface area (TPSA) is 59.4 Å². The smallest absolute Gasteiger partial charge is 0.318 e. The summed E-state index contributed by atoms with van der Waals surface area (Å²) in [6, 6.07) is 15.9. The van der Waals surface area contributed by atoms with Gasteiger partial charge in [-0.15, -0.1) is 0 Å². The van der Waals surface area contributed by atoms with Gasteiger partial charge >= 0.3 is 6.03 Å². The molecule has 1 fully saturated rings. The van der Waals surface area contributed by atoms with Crippen LogP contribution in [0.5, 0.6) is 11.6 Å². The van der Waals surface area contributed by atoms with Crippen molar-refractivity contribution in [3.63, 3.8) is 0 Å². The number of amides is 2. The van der Waals surface area contributed by atoms with E-state index in [0.717, 1.165) is 29.8 Å². The number of aromatic nitrogens is 2. The Balaban J connectivity index is 1.81. The van der Waals surface area contributed by atoms with Crippen LogP contribution < -0.4 is 10.1 Å². The number of halogens is 1. The fraction of sp³-hybridized carbons (Fsp3) is 0.385. The van der Waals surface area contributed by atoms with Crippen molar-refractivity contribution in [1.29, 1.82) is 0 Å². The summed E-state index contributed by atoms with van der Waals surface area (Å²) in [4.78, 5) is 14.9. The van der Waals surface area contributed by atoms with E-state index in [1.807, 2.05) is 49.1 Å². The van der Waals surface area contributed by atoms with Gasteiger partial charge in [-0.2, -0.15) is 5.10 Å². The number of carbonyl (C=O) groups excluding carboxylic acids is 1. The normalized spacial score (nSPS) is 13.4. The molecule has 4 rings (SSSR count). The number of nitrogens with zero attached hydrogens (tertiary/aromatic N) is 3. The first-order valence-corrected chi connectivity index (χ1v) is 11.5. The van der Waals surface area contributed by atoms with Gasteiger partial charge in [-0.05, 0) is 56.9 Å². The van der Waals surface area contributed by atoms with Gasteiger partial charge in [0, 0.05) is 18.2 Å². The Morgan fingerprint density at radius 2 is 1.88 bits per heavy atom. The van der Waals surface area contributed by atoms with Gasteiger partial charge < -0.3 is 15.0 Å². The van der Waals surface area contributed by atoms with Crippen molar-refractivity contribution in [3.05, 3.63) is 71.7 Å². The van der Waals surface area contributed by atoms with Gasteiger partial charge in [-0.3, -0.25) is 0 Å². The zero-order valence-corrected chi connectivity index (χ0v) is 19.6. The molecule has 2 amide bonds. The zero-order valence-electron chi connectivity index (χ0n) is 19.6. The molecule has 174 valence electrons. The lowest BCUT2D eigenvalue weighted by Gasteiger charge is -2.25. The number of rotatable bonds is 8. The Hall–Kier alpha value is -3.35. The predicted molar refractivity (Wildman–Crippen MR) is 126 cm³/mol. The first kappa shape index (κ1) is 22.8. The summed E-state index contributed by atoms with van der Waals surface area (Å²) < 4.78 is 21.9. The molecule has 1 N–H and O–H groups in total. The van der Waals surface area contributed by atoms with Crippen LogP contribution in [0, 0.1) is 5.82 Å². The Kier molecular flexibility index (Phi) is 6.67. The molecule has 1 aliphatic rings. The third kappa shape index (κ3) is 5.35. The second kappa shape index (κ2) is 9.65. The lowest BCUT2D eigenvalue weighted by atomic mass is 10.1. The van der Waals surface area contributed by atoms with Crippen molar-refractivity contribution in [1.82, 2.24) is 20.0 Å². The maximum absolute atomic E-state index is 13.9. The lowest BCUT2D eigenvalue weighted by Crippen LogP contribution is -2.43. The summed E-state index contributed by atoms with van der Waals surface area (Å²) in [6.07, 6.45) is 1.96. The van der Waals surface area contributed by atoms with Gasteiger partial charge in [0.1, 0.15) is 11.6 Å². The van der Waals surface area contributed by atoms with E-state index in [2.05, 4.69) is 19.2 Å². The van der Waals surface area contributed by atoms with Crippen LogP contribution in [0.4, 0.5) is 9.18 Å². The van der Waals surface area contributed by atoms with Crippen LogP contribution in [-0.4, -0.2) is 32.8 Å². The minimum absolute atomic E-state index is 0.0402. The zero-order chi connectivity index (χ0) is 23.5. The van der Waals surface area contributed by atoms with E-state index in [9.17, 15) is 9.18 Å². The third-order valence-electron chi connectivity index (χ3n) is 5.51. The van der Waals surface area contributed by atoms with Gasteiger partial charge in [0.15, 0.2) is 0 Å². The maximum Gasteiger partial charge on any atom is 0.318 e. The molecule has 0 unspecified atom stereocenters. The number of para-hydroxylation sites is 1. The van der Waals surface area contributed by atoms with Gasteiger partial charge in [-0.1, -0.05) is 38.1 Å². The Morgan fingerprint density at radius 1 is 1.15 bits per heavy atom. The maximum atomic E-state index is 13.9. The van der Waals surface area contributed by atoms with Crippen molar-refractivity contribution in [2.24, 2.45) is 0 Å². The Labute approximate surface area is 194 Å². The number of urea groups is 1. The van der Waals surface area contributed by atoms with Crippen molar-refractivity contribution in [3.8, 4) is 17.3 Å². The van der Waals surface area contributed by atoms with E-state index in [-0.39, 0.29) is 29.8 Å². The van der Waals surface area contributed by atoms with Gasteiger partial charge in [0.2, 0.25) is 5.88 Å². The molecule has 0 spiro atoms. The average molecular weight is 451 g/mol. The van der Waals surface area contributed by atoms with Crippen LogP contribution in [0.2, 0.25) is 0 Å². The summed E-state index contributed by atoms with van der Waals surface area (Å²) >= 11 is 0. The fourth-order valence-corrected chi connectivity index (χ4v) is 3.81. The van der Waals surface area contributed by atoms with Crippen molar-refractivity contribution < 1.29 is 13.9 Å². The molecule has 0 saturated heterocycles. The molecule has 33 heavy (non-hydrogen) atoms. The largest absolute Gasteiger partial charge is 0.438 e. The standard InChI is InChI=1S/C26H31FN4O2/c1-17(2)24-23(16-30(20-13-14-20)26(32)28-18(3)4)25(33-22-12-8-9-19(27)15-22)31(29-24)21-10-6-5-7-11-21/h5-12,15,17-18,20H,13-14,16H2,1-4H3,(H,28,32). The summed E-state index contributed by atoms with van der Waals surface area (Å²) in [5.74, 6) is 0.612. The highest BCUT2D eigenvalue weighted by molar-refractivity contribution is 5.75. The van der Waals surface area contributed by atoms with Crippen LogP contribution >= 0.6 is 0 Å². The van der Waals surface area contributed by atoms with E-state index in [1.54, 1.807) is 16.8 Å². The predicted octanol–water partition coefficient (Wildman–Crippen LogP) is 6.01. The van der Waals surface area contributed by atoms with Crippen LogP contribution in [-0.2, 0) is 6.54 Å². The van der Waals surface area contributed by atoms with Gasteiger partial charge in [0.25, 0.3) is 0 Å². The van der Waals surface area contributed by atoms with Crippen LogP contribution in [0.25, 0.3) is 5.69 Å². The monoisotopic (exact) mass is 450 g/mol. The molecule has 6 nitrogen and oxygen atoms in total. The number of carbonyl (C=O) groups is 1. The molecule has 1 heterocycles. The van der Waals surface area contributed by atoms with E-state index < -0.39 is 0 Å². The highest BCUT2D eigenvalue weighted by atomic mass is 19.1. The second-order valence-corrected chi connectivity index (χ2v) is 9.09. The highest BCUT2D eigenvalue weighted by Gasteiger charge is 2.35. The molecule has 0 aliphatic heterocycles. The summed E-state index contributed by atoms with van der Waals surface area (Å²) in [5, 5.41) is 7.91. The van der Waals surface area contributed by atoms with E-state index in [0.29, 0.717) is 18.2 Å². The van der Waals surface area contributed by atoms with Crippen LogP contribution in [0.3, 0.4) is 0 Å². The average Bonchev–Trinajstić information content (AvgIpc) is 3.54. The molecule has 0 atom stereocenters. The minimum Gasteiger partial charge on any atom is -0.438 e. The van der Waals surface area contributed by atoms with E-state index in [4.69, 9.17) is 9.84 Å². The highest BCUT2D eigenvalue weighted by Crippen LogP contribution is 2.37. The molecule has 1 aliphatic carbocycles. The molecule has 1 saturated carbocycles. The van der Waals surface area contributed by atoms with Gasteiger partial charge in [0.05, 0.1) is 23.5 Å². The molecule has 0 radical (unpaired) electrons. The van der Waals surface area contributed by atoms with Crippen molar-refractivity contribution in [2.75, 3.05) is 0 Å². The molecule has 7 heteroatoms. The molecule has 2 aromatic carbocycles. The molecule has 3 aromatic rings. The molecular weight excluding hydrogens is 419 g/mol. The van der Waals surface area contributed by atoms with E-state index in [1.165, 1.54) is 12.1 Å². The molecule has 0 bridgehead atoms. The van der Waals surface area contributed by atoms with Crippen molar-refractivity contribution >= 4 is 6.03 Å². The molecular formula is C26H31FN4O2. The number of benzene rings is 2. The Morgan fingerprint density at radius 3 is 2.48 bits per heavy atom. The van der Waals surface area contributed by atoms with Gasteiger partial charge in [-0.25, -0.2) is 13.9 Å². The fourth-order valence-electron chi connectivity index (χ4n) is 3.81. The SMILES string of the molecule is CC(C)NC(=O)N(Cc1c(C(C)C)nn(-c2ccccc2)c1Oc1cccc(F)c1)C1CC1. The number of ether oxygens (including phenoxy) is 1. The van der Waals surface area contributed by atoms with Crippen LogP contribution in [0.1, 0.15) is 57.7 Å².